The van der Waals surface area contributed by atoms with E-state index in [0.717, 1.165) is 87.0 Å². The van der Waals surface area contributed by atoms with Crippen LogP contribution in [-0.4, -0.2) is 74.6 Å². The Morgan fingerprint density at radius 3 is 2.79 bits per heavy atom. The van der Waals surface area contributed by atoms with Crippen LogP contribution in [0.5, 0.6) is 0 Å². The maximum Gasteiger partial charge on any atom is 0.239 e. The van der Waals surface area contributed by atoms with Gasteiger partial charge in [-0.2, -0.15) is 0 Å². The Hall–Kier alpha value is -2.10. The van der Waals surface area contributed by atoms with Crippen molar-refractivity contribution in [3.05, 3.63) is 28.7 Å². The second-order valence-corrected chi connectivity index (χ2v) is 10.2. The minimum atomic E-state index is -0.0793. The molecule has 8 nitrogen and oxygen atoms in total. The molecule has 1 unspecified atom stereocenters. The van der Waals surface area contributed by atoms with Crippen LogP contribution in [0.15, 0.2) is 12.3 Å². The Morgan fingerprint density at radius 1 is 1.21 bits per heavy atom. The number of rotatable bonds is 8. The molecule has 1 amide bonds. The Kier molecular flexibility index (Phi) is 8.27. The highest BCUT2D eigenvalue weighted by Gasteiger charge is 2.34. The fraction of sp³-hybridized carbons (Fsp3) is 0.667. The number of likely N-dealkylation sites (tertiary alicyclic amines) is 2. The maximum atomic E-state index is 13.2. The van der Waals surface area contributed by atoms with E-state index in [4.69, 9.17) is 9.97 Å². The fourth-order valence-electron chi connectivity index (χ4n) is 4.91. The van der Waals surface area contributed by atoms with Crippen LogP contribution < -0.4 is 5.32 Å². The number of carbonyl (C=O) groups is 1. The predicted octanol–water partition coefficient (Wildman–Crippen LogP) is 3.49. The van der Waals surface area contributed by atoms with Crippen LogP contribution in [0.1, 0.15) is 67.8 Å². The van der Waals surface area contributed by atoms with Gasteiger partial charge in [-0.25, -0.2) is 15.0 Å². The summed E-state index contributed by atoms with van der Waals surface area (Å²) < 4.78 is 0. The molecule has 0 aliphatic carbocycles. The first-order valence-corrected chi connectivity index (χ1v) is 13.1. The molecule has 0 radical (unpaired) electrons. The van der Waals surface area contributed by atoms with E-state index < -0.39 is 0 Å². The van der Waals surface area contributed by atoms with Crippen LogP contribution in [0.3, 0.4) is 0 Å². The number of thiazole rings is 1. The van der Waals surface area contributed by atoms with Crippen molar-refractivity contribution in [3.8, 4) is 0 Å². The van der Waals surface area contributed by atoms with Crippen molar-refractivity contribution in [2.24, 2.45) is 0 Å². The van der Waals surface area contributed by atoms with Gasteiger partial charge in [0.05, 0.1) is 12.6 Å². The second-order valence-electron chi connectivity index (χ2n) is 9.13. The molecule has 2 aliphatic heterocycles. The van der Waals surface area contributed by atoms with Crippen LogP contribution in [0.25, 0.3) is 0 Å². The molecule has 2 aromatic heterocycles. The quantitative estimate of drug-likeness (QED) is 0.607. The number of nitrogens with one attached hydrogen (secondary N) is 1. The molecule has 0 bridgehead atoms. The van der Waals surface area contributed by atoms with Gasteiger partial charge in [-0.05, 0) is 45.6 Å². The summed E-state index contributed by atoms with van der Waals surface area (Å²) >= 11 is 1.67. The number of anilines is 2. The maximum absolute atomic E-state index is 13.2. The van der Waals surface area contributed by atoms with Gasteiger partial charge in [0.15, 0.2) is 5.13 Å². The molecule has 9 heteroatoms. The van der Waals surface area contributed by atoms with Gasteiger partial charge in [0, 0.05) is 48.4 Å². The molecule has 0 saturated carbocycles. The lowest BCUT2D eigenvalue weighted by Crippen LogP contribution is -2.53. The van der Waals surface area contributed by atoms with Crippen LogP contribution >= 0.6 is 11.3 Å². The van der Waals surface area contributed by atoms with Gasteiger partial charge in [-0.3, -0.25) is 9.69 Å². The monoisotopic (exact) mass is 472 g/mol. The van der Waals surface area contributed by atoms with Gasteiger partial charge < -0.3 is 15.3 Å². The first kappa shape index (κ1) is 24.0. The number of aryl methyl sites for hydroxylation is 2. The van der Waals surface area contributed by atoms with E-state index in [2.05, 4.69) is 22.1 Å². The van der Waals surface area contributed by atoms with Crippen molar-refractivity contribution >= 4 is 28.2 Å². The van der Waals surface area contributed by atoms with Crippen molar-refractivity contribution in [1.29, 1.82) is 0 Å². The van der Waals surface area contributed by atoms with E-state index in [0.29, 0.717) is 6.54 Å². The van der Waals surface area contributed by atoms with E-state index in [1.165, 1.54) is 4.88 Å². The molecule has 2 N–H and O–H groups in total. The van der Waals surface area contributed by atoms with Crippen LogP contribution in [-0.2, 0) is 11.2 Å². The van der Waals surface area contributed by atoms with E-state index in [1.54, 1.807) is 11.3 Å². The lowest BCUT2D eigenvalue weighted by molar-refractivity contribution is -0.139. The van der Waals surface area contributed by atoms with Crippen molar-refractivity contribution < 1.29 is 9.90 Å². The van der Waals surface area contributed by atoms with Gasteiger partial charge in [0.25, 0.3) is 0 Å². The standard InChI is InChI=1S/C24H36N6O2S/c1-3-6-19-16-25-24(33-19)28-21-15-17(2)26-22(27-21)18-8-11-30(12-9-18)23(32)20-7-4-5-10-29(20)13-14-31/h15-16,18,20,31H,3-14H2,1-2H3,(H,25,26,27,28). The zero-order valence-corrected chi connectivity index (χ0v) is 20.6. The zero-order valence-electron chi connectivity index (χ0n) is 19.8. The van der Waals surface area contributed by atoms with E-state index in [-0.39, 0.29) is 24.5 Å². The summed E-state index contributed by atoms with van der Waals surface area (Å²) in [6, 6.07) is 1.88. The number of nitrogens with zero attached hydrogens (tertiary/aromatic N) is 5. The molecule has 33 heavy (non-hydrogen) atoms. The number of hydrogen-bond donors (Lipinski definition) is 2. The number of aliphatic hydroxyl groups is 1. The molecule has 2 aliphatic rings. The highest BCUT2D eigenvalue weighted by Crippen LogP contribution is 2.29. The number of hydrogen-bond acceptors (Lipinski definition) is 8. The molecule has 2 fully saturated rings. The molecule has 1 atom stereocenters. The molecule has 0 aromatic carbocycles. The largest absolute Gasteiger partial charge is 0.395 e. The number of piperidine rings is 2. The highest BCUT2D eigenvalue weighted by molar-refractivity contribution is 7.15. The topological polar surface area (TPSA) is 94.5 Å². The third kappa shape index (κ3) is 6.07. The van der Waals surface area contributed by atoms with E-state index in [1.807, 2.05) is 24.1 Å². The number of aliphatic hydroxyl groups excluding tert-OH is 1. The smallest absolute Gasteiger partial charge is 0.239 e. The minimum Gasteiger partial charge on any atom is -0.395 e. The van der Waals surface area contributed by atoms with E-state index in [9.17, 15) is 9.90 Å². The van der Waals surface area contributed by atoms with Crippen molar-refractivity contribution in [1.82, 2.24) is 24.8 Å². The summed E-state index contributed by atoms with van der Waals surface area (Å²) in [5, 5.41) is 13.6. The van der Waals surface area contributed by atoms with Gasteiger partial charge in [-0.15, -0.1) is 11.3 Å². The van der Waals surface area contributed by atoms with Crippen molar-refractivity contribution in [2.75, 3.05) is 38.1 Å². The summed E-state index contributed by atoms with van der Waals surface area (Å²) in [7, 11) is 0. The molecule has 4 rings (SSSR count). The zero-order chi connectivity index (χ0) is 23.2. The average molecular weight is 473 g/mol. The Morgan fingerprint density at radius 2 is 2.03 bits per heavy atom. The minimum absolute atomic E-state index is 0.0793. The molecule has 0 spiro atoms. The summed E-state index contributed by atoms with van der Waals surface area (Å²) in [6.07, 6.45) is 8.92. The van der Waals surface area contributed by atoms with Crippen LogP contribution in [0.4, 0.5) is 10.9 Å². The molecular formula is C24H36N6O2S. The van der Waals surface area contributed by atoms with Gasteiger partial charge >= 0.3 is 0 Å². The first-order valence-electron chi connectivity index (χ1n) is 12.3. The van der Waals surface area contributed by atoms with Gasteiger partial charge in [0.1, 0.15) is 11.6 Å². The number of β-amino-alcohol motifs (C(OH)–C–C–N with tert-alkyl or cyclic N) is 1. The van der Waals surface area contributed by atoms with Crippen molar-refractivity contribution in [3.63, 3.8) is 0 Å². The number of carbonyl (C=O) groups excluding carboxylic acids is 1. The third-order valence-corrected chi connectivity index (χ3v) is 7.59. The second kappa shape index (κ2) is 11.4. The molecule has 2 aromatic rings. The molecule has 4 heterocycles. The lowest BCUT2D eigenvalue weighted by atomic mass is 9.94. The fourth-order valence-corrected chi connectivity index (χ4v) is 5.83. The summed E-state index contributed by atoms with van der Waals surface area (Å²) in [6.45, 7) is 7.23. The molecule has 180 valence electrons. The van der Waals surface area contributed by atoms with Crippen molar-refractivity contribution in [2.45, 2.75) is 70.8 Å². The highest BCUT2D eigenvalue weighted by atomic mass is 32.1. The number of aromatic nitrogens is 3. The lowest BCUT2D eigenvalue weighted by Gasteiger charge is -2.39. The average Bonchev–Trinajstić information content (AvgIpc) is 3.26. The normalized spacial score (nSPS) is 20.2. The first-order chi connectivity index (χ1) is 16.1. The van der Waals surface area contributed by atoms with Crippen LogP contribution in [0.2, 0.25) is 0 Å². The number of amides is 1. The van der Waals surface area contributed by atoms with Gasteiger partial charge in [-0.1, -0.05) is 19.8 Å². The predicted molar refractivity (Wildman–Crippen MR) is 131 cm³/mol. The summed E-state index contributed by atoms with van der Waals surface area (Å²) in [4.78, 5) is 32.7. The van der Waals surface area contributed by atoms with Crippen LogP contribution in [0, 0.1) is 6.92 Å². The molecule has 2 saturated heterocycles. The SMILES string of the molecule is CCCc1cnc(Nc2cc(C)nc(C3CCN(C(=O)C4CCCCN4CCO)CC3)n2)s1. The third-order valence-electron chi connectivity index (χ3n) is 6.61. The summed E-state index contributed by atoms with van der Waals surface area (Å²) in [5.41, 5.74) is 0.938. The Labute approximate surface area is 200 Å². The van der Waals surface area contributed by atoms with Gasteiger partial charge in [0.2, 0.25) is 5.91 Å². The summed E-state index contributed by atoms with van der Waals surface area (Å²) in [5.74, 6) is 2.12. The van der Waals surface area contributed by atoms with E-state index >= 15 is 0 Å². The Balaban J connectivity index is 1.37. The Bertz CT molecular complexity index is 925. The molecular weight excluding hydrogens is 436 g/mol.